The number of methoxy groups -OCH3 is 2. The lowest BCUT2D eigenvalue weighted by Gasteiger charge is -2.24. The molecule has 0 N–H and O–H groups in total. The summed E-state index contributed by atoms with van der Waals surface area (Å²) in [7, 11) is 3.33. The minimum Gasteiger partial charge on any atom is -0.493 e. The van der Waals surface area contributed by atoms with E-state index in [-0.39, 0.29) is 6.04 Å². The fraction of sp³-hybridized carbons (Fsp3) is 0.208. The van der Waals surface area contributed by atoms with Crippen LogP contribution < -0.4 is 14.5 Å². The first kappa shape index (κ1) is 18.1. The maximum atomic E-state index is 5.48. The standard InChI is InChI=1S/C24H24N2O2/c1-27-23-14-13-18(16-24(23)28-2)15-21-17-22(19-9-5-3-6-10-19)25-26(21)20-11-7-4-8-12-20/h3-14,16,21H,15,17H2,1-2H3. The third kappa shape index (κ3) is 3.72. The van der Waals surface area contributed by atoms with Crippen molar-refractivity contribution in [1.29, 1.82) is 0 Å². The molecule has 1 heterocycles. The van der Waals surface area contributed by atoms with Crippen molar-refractivity contribution >= 4 is 11.4 Å². The molecule has 0 radical (unpaired) electrons. The van der Waals surface area contributed by atoms with Crippen molar-refractivity contribution in [3.05, 3.63) is 90.0 Å². The first-order valence-corrected chi connectivity index (χ1v) is 9.46. The first-order chi connectivity index (χ1) is 13.8. The van der Waals surface area contributed by atoms with Crippen LogP contribution in [0.5, 0.6) is 11.5 Å². The van der Waals surface area contributed by atoms with Gasteiger partial charge in [-0.1, -0.05) is 54.6 Å². The van der Waals surface area contributed by atoms with Gasteiger partial charge in [0.1, 0.15) is 0 Å². The van der Waals surface area contributed by atoms with Crippen molar-refractivity contribution in [2.75, 3.05) is 19.2 Å². The van der Waals surface area contributed by atoms with Crippen LogP contribution in [-0.2, 0) is 6.42 Å². The van der Waals surface area contributed by atoms with Crippen LogP contribution in [0.25, 0.3) is 0 Å². The highest BCUT2D eigenvalue weighted by Crippen LogP contribution is 2.32. The summed E-state index contributed by atoms with van der Waals surface area (Å²) in [4.78, 5) is 0. The van der Waals surface area contributed by atoms with Gasteiger partial charge in [0.05, 0.1) is 31.7 Å². The summed E-state index contributed by atoms with van der Waals surface area (Å²) in [6.07, 6.45) is 1.77. The second kappa shape index (κ2) is 8.17. The molecule has 4 nitrogen and oxygen atoms in total. The average Bonchev–Trinajstić information content (AvgIpc) is 3.18. The molecular formula is C24H24N2O2. The molecule has 0 aromatic heterocycles. The molecule has 142 valence electrons. The number of ether oxygens (including phenoxy) is 2. The third-order valence-corrected chi connectivity index (χ3v) is 5.05. The summed E-state index contributed by atoms with van der Waals surface area (Å²) >= 11 is 0. The van der Waals surface area contributed by atoms with Crippen LogP contribution in [0, 0.1) is 0 Å². The summed E-state index contributed by atoms with van der Waals surface area (Å²) in [5.41, 5.74) is 4.61. The van der Waals surface area contributed by atoms with E-state index in [1.54, 1.807) is 14.2 Å². The molecule has 0 aliphatic carbocycles. The number of hydrogen-bond donors (Lipinski definition) is 0. The lowest BCUT2D eigenvalue weighted by Crippen LogP contribution is -2.28. The zero-order chi connectivity index (χ0) is 19.3. The van der Waals surface area contributed by atoms with Crippen molar-refractivity contribution in [3.63, 3.8) is 0 Å². The van der Waals surface area contributed by atoms with E-state index in [1.165, 1.54) is 11.1 Å². The van der Waals surface area contributed by atoms with Crippen molar-refractivity contribution in [2.45, 2.75) is 18.9 Å². The van der Waals surface area contributed by atoms with Gasteiger partial charge in [-0.15, -0.1) is 0 Å². The molecule has 1 aliphatic heterocycles. The van der Waals surface area contributed by atoms with Crippen LogP contribution in [0.4, 0.5) is 5.69 Å². The largest absolute Gasteiger partial charge is 0.493 e. The molecule has 0 bridgehead atoms. The molecule has 1 unspecified atom stereocenters. The van der Waals surface area contributed by atoms with Crippen molar-refractivity contribution in [3.8, 4) is 11.5 Å². The summed E-state index contributed by atoms with van der Waals surface area (Å²) in [6.45, 7) is 0. The quantitative estimate of drug-likeness (QED) is 0.615. The molecule has 0 saturated carbocycles. The summed E-state index contributed by atoms with van der Waals surface area (Å²) in [5.74, 6) is 1.51. The first-order valence-electron chi connectivity index (χ1n) is 9.46. The molecule has 0 spiro atoms. The van der Waals surface area contributed by atoms with Crippen LogP contribution in [0.2, 0.25) is 0 Å². The molecule has 4 rings (SSSR count). The van der Waals surface area contributed by atoms with Crippen LogP contribution in [0.15, 0.2) is 84.0 Å². The number of anilines is 1. The maximum Gasteiger partial charge on any atom is 0.160 e. The van der Waals surface area contributed by atoms with Crippen LogP contribution in [0.3, 0.4) is 0 Å². The van der Waals surface area contributed by atoms with Gasteiger partial charge in [0.15, 0.2) is 11.5 Å². The Hall–Kier alpha value is -3.27. The summed E-state index contributed by atoms with van der Waals surface area (Å²) in [6, 6.07) is 27.1. The summed E-state index contributed by atoms with van der Waals surface area (Å²) < 4.78 is 10.8. The molecule has 28 heavy (non-hydrogen) atoms. The number of hydrazone groups is 1. The minimum absolute atomic E-state index is 0.246. The van der Waals surface area contributed by atoms with Crippen LogP contribution in [0.1, 0.15) is 17.5 Å². The Kier molecular flexibility index (Phi) is 5.29. The normalized spacial score (nSPS) is 16.0. The number of nitrogens with zero attached hydrogens (tertiary/aromatic N) is 2. The van der Waals surface area contributed by atoms with E-state index in [1.807, 2.05) is 18.2 Å². The predicted molar refractivity (Wildman–Crippen MR) is 114 cm³/mol. The Morgan fingerprint density at radius 2 is 1.54 bits per heavy atom. The van der Waals surface area contributed by atoms with E-state index in [0.717, 1.165) is 35.7 Å². The minimum atomic E-state index is 0.246. The molecule has 0 saturated heterocycles. The Bertz CT molecular complexity index is 955. The van der Waals surface area contributed by atoms with Gasteiger partial charge in [0.2, 0.25) is 0 Å². The van der Waals surface area contributed by atoms with Gasteiger partial charge < -0.3 is 9.47 Å². The van der Waals surface area contributed by atoms with Gasteiger partial charge in [0, 0.05) is 6.42 Å². The molecule has 3 aromatic carbocycles. The van der Waals surface area contributed by atoms with E-state index >= 15 is 0 Å². The topological polar surface area (TPSA) is 34.1 Å². The Labute approximate surface area is 166 Å². The highest BCUT2D eigenvalue weighted by atomic mass is 16.5. The highest BCUT2D eigenvalue weighted by Gasteiger charge is 2.28. The number of para-hydroxylation sites is 1. The zero-order valence-corrected chi connectivity index (χ0v) is 16.2. The molecule has 0 fully saturated rings. The van der Waals surface area contributed by atoms with E-state index < -0.39 is 0 Å². The highest BCUT2D eigenvalue weighted by molar-refractivity contribution is 6.03. The second-order valence-electron chi connectivity index (χ2n) is 6.84. The molecule has 0 amide bonds. The van der Waals surface area contributed by atoms with Gasteiger partial charge in [-0.05, 0) is 41.8 Å². The Morgan fingerprint density at radius 1 is 0.857 bits per heavy atom. The second-order valence-corrected chi connectivity index (χ2v) is 6.84. The van der Waals surface area contributed by atoms with Gasteiger partial charge in [-0.3, -0.25) is 5.01 Å². The van der Waals surface area contributed by atoms with Gasteiger partial charge >= 0.3 is 0 Å². The van der Waals surface area contributed by atoms with E-state index in [2.05, 4.69) is 65.7 Å². The Morgan fingerprint density at radius 3 is 2.21 bits per heavy atom. The smallest absolute Gasteiger partial charge is 0.160 e. The van der Waals surface area contributed by atoms with Gasteiger partial charge in [-0.2, -0.15) is 5.10 Å². The van der Waals surface area contributed by atoms with Crippen LogP contribution in [-0.4, -0.2) is 26.0 Å². The number of benzene rings is 3. The molecule has 1 aliphatic rings. The lowest BCUT2D eigenvalue weighted by atomic mass is 9.98. The monoisotopic (exact) mass is 372 g/mol. The molecule has 4 heteroatoms. The van der Waals surface area contributed by atoms with Crippen LogP contribution >= 0.6 is 0 Å². The van der Waals surface area contributed by atoms with Gasteiger partial charge in [-0.25, -0.2) is 0 Å². The molecule has 1 atom stereocenters. The fourth-order valence-corrected chi connectivity index (χ4v) is 3.66. The fourth-order valence-electron chi connectivity index (χ4n) is 3.66. The van der Waals surface area contributed by atoms with Crippen molar-refractivity contribution < 1.29 is 9.47 Å². The van der Waals surface area contributed by atoms with E-state index in [4.69, 9.17) is 14.6 Å². The van der Waals surface area contributed by atoms with Gasteiger partial charge in [0.25, 0.3) is 0 Å². The van der Waals surface area contributed by atoms with E-state index in [9.17, 15) is 0 Å². The number of hydrogen-bond acceptors (Lipinski definition) is 4. The SMILES string of the molecule is COc1ccc(CC2CC(c3ccccc3)=NN2c2ccccc2)cc1OC. The lowest BCUT2D eigenvalue weighted by molar-refractivity contribution is 0.354. The Balaban J connectivity index is 1.64. The van der Waals surface area contributed by atoms with Crippen molar-refractivity contribution in [1.82, 2.24) is 0 Å². The van der Waals surface area contributed by atoms with Crippen molar-refractivity contribution in [2.24, 2.45) is 5.10 Å². The summed E-state index contributed by atoms with van der Waals surface area (Å²) in [5, 5.41) is 7.13. The zero-order valence-electron chi connectivity index (χ0n) is 16.2. The molecular weight excluding hydrogens is 348 g/mol. The van der Waals surface area contributed by atoms with E-state index in [0.29, 0.717) is 0 Å². The number of rotatable bonds is 6. The maximum absolute atomic E-state index is 5.48. The average molecular weight is 372 g/mol. The predicted octanol–water partition coefficient (Wildman–Crippen LogP) is 4.93. The third-order valence-electron chi connectivity index (χ3n) is 5.05. The molecule has 3 aromatic rings.